The van der Waals surface area contributed by atoms with Crippen LogP contribution < -0.4 is 0 Å². The minimum atomic E-state index is 0.0469. The molecule has 3 aromatic carbocycles. The van der Waals surface area contributed by atoms with Crippen LogP contribution in [0.15, 0.2) is 85.2 Å². The summed E-state index contributed by atoms with van der Waals surface area (Å²) in [5.41, 5.74) is 9.94. The lowest BCUT2D eigenvalue weighted by atomic mass is 10.0. The van der Waals surface area contributed by atoms with Crippen molar-refractivity contribution in [1.29, 1.82) is 0 Å². The second-order valence-corrected chi connectivity index (χ2v) is 9.85. The molecule has 1 amide bonds. The number of nitrogens with zero attached hydrogens (tertiary/aromatic N) is 2. The molecule has 5 rings (SSSR count). The summed E-state index contributed by atoms with van der Waals surface area (Å²) in [6.45, 7) is 7.58. The molecule has 2 heterocycles. The van der Waals surface area contributed by atoms with Crippen molar-refractivity contribution in [2.45, 2.75) is 33.7 Å². The standard InChI is InChI=1S/C32H33N3O/c1-22-9-13-25(14-10-22)21-35-20-24(3)30(26-15-11-23(2)12-16-26)31(35)32(36)34(4)18-17-27-19-33-29-8-6-5-7-28(27)29/h5-16,19-20,33H,17-18,21H2,1-4H3. The van der Waals surface area contributed by atoms with Gasteiger partial charge in [-0.2, -0.15) is 0 Å². The maximum absolute atomic E-state index is 14.0. The predicted molar refractivity (Wildman–Crippen MR) is 149 cm³/mol. The summed E-state index contributed by atoms with van der Waals surface area (Å²) >= 11 is 0. The van der Waals surface area contributed by atoms with Crippen molar-refractivity contribution in [3.63, 3.8) is 0 Å². The zero-order valence-electron chi connectivity index (χ0n) is 21.5. The molecule has 0 fully saturated rings. The lowest BCUT2D eigenvalue weighted by molar-refractivity contribution is 0.0787. The van der Waals surface area contributed by atoms with Crippen LogP contribution in [-0.4, -0.2) is 34.0 Å². The van der Waals surface area contributed by atoms with Gasteiger partial charge in [0, 0.05) is 49.0 Å². The summed E-state index contributed by atoms with van der Waals surface area (Å²) < 4.78 is 2.12. The number of aryl methyl sites for hydroxylation is 3. The fourth-order valence-corrected chi connectivity index (χ4v) is 4.93. The van der Waals surface area contributed by atoms with Gasteiger partial charge in [-0.3, -0.25) is 4.79 Å². The molecule has 0 bridgehead atoms. The molecule has 36 heavy (non-hydrogen) atoms. The van der Waals surface area contributed by atoms with Crippen LogP contribution in [0.5, 0.6) is 0 Å². The summed E-state index contributed by atoms with van der Waals surface area (Å²) in [6, 6.07) is 25.3. The molecule has 0 saturated carbocycles. The number of carbonyl (C=O) groups excluding carboxylic acids is 1. The average Bonchev–Trinajstić information content (AvgIpc) is 3.44. The zero-order chi connectivity index (χ0) is 25.2. The lowest BCUT2D eigenvalue weighted by Gasteiger charge is -2.20. The van der Waals surface area contributed by atoms with Gasteiger partial charge < -0.3 is 14.5 Å². The van der Waals surface area contributed by atoms with E-state index in [4.69, 9.17) is 0 Å². The number of carbonyl (C=O) groups is 1. The van der Waals surface area contributed by atoms with Gasteiger partial charge in [-0.25, -0.2) is 0 Å². The van der Waals surface area contributed by atoms with E-state index in [1.807, 2.05) is 18.0 Å². The molecule has 0 aliphatic rings. The second-order valence-electron chi connectivity index (χ2n) is 9.85. The Bertz CT molecular complexity index is 1500. The van der Waals surface area contributed by atoms with Crippen molar-refractivity contribution in [2.75, 3.05) is 13.6 Å². The molecule has 1 N–H and O–H groups in total. The second kappa shape index (κ2) is 9.90. The molecule has 0 spiro atoms. The number of rotatable bonds is 7. The topological polar surface area (TPSA) is 41.0 Å². The van der Waals surface area contributed by atoms with Crippen LogP contribution in [0.25, 0.3) is 22.0 Å². The fourth-order valence-electron chi connectivity index (χ4n) is 4.93. The Morgan fingerprint density at radius 1 is 0.889 bits per heavy atom. The fraction of sp³-hybridized carbons (Fsp3) is 0.219. The first kappa shape index (κ1) is 23.7. The van der Waals surface area contributed by atoms with Gasteiger partial charge in [-0.1, -0.05) is 77.9 Å². The number of fused-ring (bicyclic) bond motifs is 1. The first-order chi connectivity index (χ1) is 17.4. The molecule has 0 unspecified atom stereocenters. The first-order valence-electron chi connectivity index (χ1n) is 12.5. The van der Waals surface area contributed by atoms with Crippen LogP contribution in [0.2, 0.25) is 0 Å². The quantitative estimate of drug-likeness (QED) is 0.273. The highest BCUT2D eigenvalue weighted by Gasteiger charge is 2.24. The number of nitrogens with one attached hydrogen (secondary N) is 1. The van der Waals surface area contributed by atoms with E-state index in [1.165, 1.54) is 27.6 Å². The summed E-state index contributed by atoms with van der Waals surface area (Å²) in [7, 11) is 1.91. The van der Waals surface area contributed by atoms with Gasteiger partial charge in [0.1, 0.15) is 5.69 Å². The number of likely N-dealkylation sites (N-methyl/N-ethyl adjacent to an activating group) is 1. The number of hydrogen-bond donors (Lipinski definition) is 1. The smallest absolute Gasteiger partial charge is 0.270 e. The minimum Gasteiger partial charge on any atom is -0.361 e. The Morgan fingerprint density at radius 2 is 1.56 bits per heavy atom. The number of aromatic amines is 1. The van der Waals surface area contributed by atoms with Crippen molar-refractivity contribution < 1.29 is 4.79 Å². The van der Waals surface area contributed by atoms with Gasteiger partial charge in [0.05, 0.1) is 0 Å². The summed E-state index contributed by atoms with van der Waals surface area (Å²) in [5.74, 6) is 0.0469. The third-order valence-electron chi connectivity index (χ3n) is 7.02. The zero-order valence-corrected chi connectivity index (χ0v) is 21.5. The normalized spacial score (nSPS) is 11.2. The van der Waals surface area contributed by atoms with E-state index in [1.54, 1.807) is 0 Å². The van der Waals surface area contributed by atoms with Crippen LogP contribution in [0, 0.1) is 20.8 Å². The Labute approximate surface area is 213 Å². The number of benzene rings is 3. The largest absolute Gasteiger partial charge is 0.361 e. The third kappa shape index (κ3) is 4.72. The Balaban J connectivity index is 1.48. The van der Waals surface area contributed by atoms with Crippen molar-refractivity contribution >= 4 is 16.8 Å². The van der Waals surface area contributed by atoms with Gasteiger partial charge in [0.2, 0.25) is 0 Å². The van der Waals surface area contributed by atoms with Crippen molar-refractivity contribution in [2.24, 2.45) is 0 Å². The molecule has 2 aromatic heterocycles. The Morgan fingerprint density at radius 3 is 2.28 bits per heavy atom. The van der Waals surface area contributed by atoms with Crippen LogP contribution >= 0.6 is 0 Å². The number of hydrogen-bond acceptors (Lipinski definition) is 1. The average molecular weight is 476 g/mol. The summed E-state index contributed by atoms with van der Waals surface area (Å²) in [4.78, 5) is 19.2. The molecule has 5 aromatic rings. The molecule has 0 saturated heterocycles. The first-order valence-corrected chi connectivity index (χ1v) is 12.5. The van der Waals surface area contributed by atoms with Crippen molar-refractivity contribution in [3.8, 4) is 11.1 Å². The third-order valence-corrected chi connectivity index (χ3v) is 7.02. The molecule has 0 radical (unpaired) electrons. The van der Waals surface area contributed by atoms with Crippen LogP contribution in [-0.2, 0) is 13.0 Å². The van der Waals surface area contributed by atoms with E-state index in [-0.39, 0.29) is 5.91 Å². The van der Waals surface area contributed by atoms with Gasteiger partial charge in [0.25, 0.3) is 5.91 Å². The number of aromatic nitrogens is 2. The molecule has 4 nitrogen and oxygen atoms in total. The number of amides is 1. The highest BCUT2D eigenvalue weighted by Crippen LogP contribution is 2.31. The SMILES string of the molecule is Cc1ccc(Cn2cc(C)c(-c3ccc(C)cc3)c2C(=O)N(C)CCc2c[nH]c3ccccc23)cc1. The van der Waals surface area contributed by atoms with Crippen LogP contribution in [0.1, 0.15) is 38.3 Å². The van der Waals surface area contributed by atoms with Gasteiger partial charge in [-0.15, -0.1) is 0 Å². The Kier molecular flexibility index (Phi) is 6.51. The van der Waals surface area contributed by atoms with Crippen molar-refractivity contribution in [3.05, 3.63) is 119 Å². The van der Waals surface area contributed by atoms with Crippen LogP contribution in [0.3, 0.4) is 0 Å². The van der Waals surface area contributed by atoms with E-state index < -0.39 is 0 Å². The summed E-state index contributed by atoms with van der Waals surface area (Å²) in [5, 5.41) is 1.22. The maximum Gasteiger partial charge on any atom is 0.270 e. The molecule has 0 aliphatic heterocycles. The molecule has 0 aliphatic carbocycles. The van der Waals surface area contributed by atoms with Crippen LogP contribution in [0.4, 0.5) is 0 Å². The minimum absolute atomic E-state index is 0.0469. The van der Waals surface area contributed by atoms with E-state index in [0.717, 1.165) is 34.3 Å². The lowest BCUT2D eigenvalue weighted by Crippen LogP contribution is -2.31. The summed E-state index contributed by atoms with van der Waals surface area (Å²) in [6.07, 6.45) is 4.98. The Hall–Kier alpha value is -4.05. The predicted octanol–water partition coefficient (Wildman–Crippen LogP) is 6.92. The highest BCUT2D eigenvalue weighted by molar-refractivity contribution is 6.00. The maximum atomic E-state index is 14.0. The van der Waals surface area contributed by atoms with E-state index in [9.17, 15) is 4.79 Å². The molecular weight excluding hydrogens is 442 g/mol. The molecular formula is C32H33N3O. The molecule has 4 heteroatoms. The van der Waals surface area contributed by atoms with E-state index >= 15 is 0 Å². The van der Waals surface area contributed by atoms with Gasteiger partial charge in [0.15, 0.2) is 0 Å². The number of H-pyrrole nitrogens is 1. The number of para-hydroxylation sites is 1. The monoisotopic (exact) mass is 475 g/mol. The van der Waals surface area contributed by atoms with E-state index in [0.29, 0.717) is 13.1 Å². The van der Waals surface area contributed by atoms with Gasteiger partial charge in [-0.05, 0) is 55.5 Å². The molecule has 0 atom stereocenters. The van der Waals surface area contributed by atoms with Crippen molar-refractivity contribution in [1.82, 2.24) is 14.5 Å². The highest BCUT2D eigenvalue weighted by atomic mass is 16.2. The molecule has 182 valence electrons. The van der Waals surface area contributed by atoms with Gasteiger partial charge >= 0.3 is 0 Å². The van der Waals surface area contributed by atoms with E-state index in [2.05, 4.69) is 109 Å².